The number of nitrogens with zero attached hydrogens (tertiary/aromatic N) is 4. The number of anilines is 2. The summed E-state index contributed by atoms with van der Waals surface area (Å²) >= 11 is 3.89. The summed E-state index contributed by atoms with van der Waals surface area (Å²) in [6.45, 7) is 6.70. The average molecular weight is 390 g/mol. The molecule has 2 aromatic heterocycles. The zero-order chi connectivity index (χ0) is 17.6. The van der Waals surface area contributed by atoms with Crippen LogP contribution < -0.4 is 10.2 Å². The topological polar surface area (TPSA) is 44.3 Å². The van der Waals surface area contributed by atoms with Gasteiger partial charge in [0.1, 0.15) is 18.0 Å². The molecule has 0 atom stereocenters. The Hall–Kier alpha value is -1.31. The van der Waals surface area contributed by atoms with Crippen LogP contribution >= 0.6 is 23.1 Å². The monoisotopic (exact) mass is 389 g/mol. The van der Waals surface area contributed by atoms with Crippen molar-refractivity contribution >= 4 is 34.7 Å². The van der Waals surface area contributed by atoms with Gasteiger partial charge in [0.25, 0.3) is 0 Å². The molecule has 1 N–H and O–H groups in total. The van der Waals surface area contributed by atoms with Crippen molar-refractivity contribution in [2.75, 3.05) is 54.4 Å². The predicted octanol–water partition coefficient (Wildman–Crippen LogP) is 3.42. The number of hydrogen-bond acceptors (Lipinski definition) is 7. The van der Waals surface area contributed by atoms with Crippen LogP contribution in [-0.4, -0.2) is 59.1 Å². The molecule has 7 heteroatoms. The molecule has 2 saturated heterocycles. The van der Waals surface area contributed by atoms with E-state index >= 15 is 0 Å². The molecule has 4 rings (SSSR count). The first kappa shape index (κ1) is 18.1. The minimum absolute atomic E-state index is 0.736. The molecule has 0 aliphatic carbocycles. The summed E-state index contributed by atoms with van der Waals surface area (Å²) in [4.78, 5) is 15.3. The first-order valence-electron chi connectivity index (χ1n) is 9.50. The maximum absolute atomic E-state index is 4.46. The van der Waals surface area contributed by atoms with E-state index in [1.807, 2.05) is 23.1 Å². The van der Waals surface area contributed by atoms with Crippen LogP contribution in [0.1, 0.15) is 17.7 Å². The number of hydrogen-bond donors (Lipinski definition) is 1. The molecule has 2 aliphatic rings. The second kappa shape index (κ2) is 9.06. The fraction of sp³-hybridized carbons (Fsp3) is 0.579. The molecule has 0 bridgehead atoms. The fourth-order valence-corrected chi connectivity index (χ4v) is 5.28. The van der Waals surface area contributed by atoms with Gasteiger partial charge in [-0.05, 0) is 43.3 Å². The molecule has 2 aliphatic heterocycles. The van der Waals surface area contributed by atoms with E-state index in [9.17, 15) is 0 Å². The third kappa shape index (κ3) is 4.90. The van der Waals surface area contributed by atoms with Gasteiger partial charge in [-0.3, -0.25) is 4.90 Å². The fourth-order valence-electron chi connectivity index (χ4n) is 3.63. The molecule has 0 saturated carbocycles. The SMILES string of the molecule is c1csc(CN2CCC(CNc3cc(N4CCSCC4)ncn3)CC2)c1. The molecule has 0 spiro atoms. The number of aromatic nitrogens is 2. The largest absolute Gasteiger partial charge is 0.370 e. The lowest BCUT2D eigenvalue weighted by atomic mass is 9.97. The summed E-state index contributed by atoms with van der Waals surface area (Å²) in [5.74, 6) is 5.15. The van der Waals surface area contributed by atoms with Gasteiger partial charge in [-0.1, -0.05) is 6.07 Å². The van der Waals surface area contributed by atoms with Gasteiger partial charge in [0.2, 0.25) is 0 Å². The van der Waals surface area contributed by atoms with Crippen LogP contribution in [0.2, 0.25) is 0 Å². The van der Waals surface area contributed by atoms with Crippen molar-refractivity contribution in [2.24, 2.45) is 5.92 Å². The number of thioether (sulfide) groups is 1. The second-order valence-corrected chi connectivity index (χ2v) is 9.30. The van der Waals surface area contributed by atoms with Gasteiger partial charge in [-0.25, -0.2) is 9.97 Å². The first-order valence-corrected chi connectivity index (χ1v) is 11.5. The van der Waals surface area contributed by atoms with E-state index in [1.165, 1.54) is 42.3 Å². The van der Waals surface area contributed by atoms with Gasteiger partial charge in [0, 0.05) is 48.6 Å². The predicted molar refractivity (Wildman–Crippen MR) is 112 cm³/mol. The summed E-state index contributed by atoms with van der Waals surface area (Å²) in [6.07, 6.45) is 4.22. The zero-order valence-corrected chi connectivity index (χ0v) is 16.8. The Balaban J connectivity index is 1.23. The van der Waals surface area contributed by atoms with E-state index in [0.29, 0.717) is 0 Å². The third-order valence-corrected chi connectivity index (χ3v) is 7.03. The maximum Gasteiger partial charge on any atom is 0.134 e. The maximum atomic E-state index is 4.46. The molecule has 2 fully saturated rings. The highest BCUT2D eigenvalue weighted by atomic mass is 32.2. The number of piperidine rings is 1. The Morgan fingerprint density at radius 1 is 1.12 bits per heavy atom. The molecule has 2 aromatic rings. The lowest BCUT2D eigenvalue weighted by Crippen LogP contribution is -2.35. The molecule has 0 radical (unpaired) electrons. The van der Waals surface area contributed by atoms with Crippen LogP contribution in [0.4, 0.5) is 11.6 Å². The van der Waals surface area contributed by atoms with Gasteiger partial charge in [-0.15, -0.1) is 11.3 Å². The first-order chi connectivity index (χ1) is 12.9. The number of likely N-dealkylation sites (tertiary alicyclic amines) is 1. The van der Waals surface area contributed by atoms with Crippen LogP contribution in [0, 0.1) is 5.92 Å². The second-order valence-electron chi connectivity index (χ2n) is 7.04. The Morgan fingerprint density at radius 3 is 2.73 bits per heavy atom. The standard InChI is InChI=1S/C19H27N5S2/c1-2-17(26-9-1)14-23-5-3-16(4-6-23)13-20-18-12-19(22-15-21-18)24-7-10-25-11-8-24/h1-2,9,12,15-16H,3-8,10-11,13-14H2,(H,20,21,22). The van der Waals surface area contributed by atoms with Crippen molar-refractivity contribution < 1.29 is 0 Å². The van der Waals surface area contributed by atoms with Crippen LogP contribution in [0.5, 0.6) is 0 Å². The van der Waals surface area contributed by atoms with E-state index in [4.69, 9.17) is 0 Å². The smallest absolute Gasteiger partial charge is 0.134 e. The van der Waals surface area contributed by atoms with Crippen LogP contribution in [0.15, 0.2) is 29.9 Å². The molecule has 4 heterocycles. The highest BCUT2D eigenvalue weighted by molar-refractivity contribution is 7.99. The number of nitrogens with one attached hydrogen (secondary N) is 1. The van der Waals surface area contributed by atoms with Gasteiger partial charge >= 0.3 is 0 Å². The number of rotatable bonds is 6. The third-order valence-electron chi connectivity index (χ3n) is 5.23. The van der Waals surface area contributed by atoms with Gasteiger partial charge < -0.3 is 10.2 Å². The van der Waals surface area contributed by atoms with E-state index in [1.54, 1.807) is 6.33 Å². The highest BCUT2D eigenvalue weighted by Gasteiger charge is 2.20. The lowest BCUT2D eigenvalue weighted by Gasteiger charge is -2.32. The Kier molecular flexibility index (Phi) is 6.30. The van der Waals surface area contributed by atoms with Crippen LogP contribution in [0.25, 0.3) is 0 Å². The summed E-state index contributed by atoms with van der Waals surface area (Å²) in [5, 5.41) is 5.73. The van der Waals surface area contributed by atoms with Crippen molar-refractivity contribution in [3.05, 3.63) is 34.8 Å². The summed E-state index contributed by atoms with van der Waals surface area (Å²) < 4.78 is 0. The highest BCUT2D eigenvalue weighted by Crippen LogP contribution is 2.22. The van der Waals surface area contributed by atoms with Crippen molar-refractivity contribution in [3.8, 4) is 0 Å². The number of thiophene rings is 1. The quantitative estimate of drug-likeness (QED) is 0.817. The van der Waals surface area contributed by atoms with E-state index in [2.05, 4.69) is 48.7 Å². The summed E-state index contributed by atoms with van der Waals surface area (Å²) in [5.41, 5.74) is 0. The van der Waals surface area contributed by atoms with Gasteiger partial charge in [0.05, 0.1) is 0 Å². The van der Waals surface area contributed by atoms with E-state index in [0.717, 1.165) is 43.7 Å². The molecular weight excluding hydrogens is 362 g/mol. The lowest BCUT2D eigenvalue weighted by molar-refractivity contribution is 0.184. The van der Waals surface area contributed by atoms with Crippen molar-refractivity contribution in [3.63, 3.8) is 0 Å². The van der Waals surface area contributed by atoms with Crippen molar-refractivity contribution in [2.45, 2.75) is 19.4 Å². The van der Waals surface area contributed by atoms with E-state index < -0.39 is 0 Å². The molecule has 26 heavy (non-hydrogen) atoms. The molecule has 140 valence electrons. The van der Waals surface area contributed by atoms with Crippen LogP contribution in [-0.2, 0) is 6.54 Å². The Morgan fingerprint density at radius 2 is 1.96 bits per heavy atom. The van der Waals surface area contributed by atoms with Crippen LogP contribution in [0.3, 0.4) is 0 Å². The zero-order valence-electron chi connectivity index (χ0n) is 15.1. The molecule has 0 aromatic carbocycles. The minimum atomic E-state index is 0.736. The van der Waals surface area contributed by atoms with Gasteiger partial charge in [0.15, 0.2) is 0 Å². The Bertz CT molecular complexity index is 664. The molecule has 0 amide bonds. The van der Waals surface area contributed by atoms with E-state index in [-0.39, 0.29) is 0 Å². The van der Waals surface area contributed by atoms with Gasteiger partial charge in [-0.2, -0.15) is 11.8 Å². The molecule has 0 unspecified atom stereocenters. The summed E-state index contributed by atoms with van der Waals surface area (Å²) in [6, 6.07) is 6.50. The Labute approximate surface area is 164 Å². The normalized spacial score (nSPS) is 19.6. The van der Waals surface area contributed by atoms with Crippen molar-refractivity contribution in [1.29, 1.82) is 0 Å². The summed E-state index contributed by atoms with van der Waals surface area (Å²) in [7, 11) is 0. The molecular formula is C19H27N5S2. The average Bonchev–Trinajstić information content (AvgIpc) is 3.21. The minimum Gasteiger partial charge on any atom is -0.370 e. The molecule has 5 nitrogen and oxygen atoms in total. The van der Waals surface area contributed by atoms with Crippen molar-refractivity contribution in [1.82, 2.24) is 14.9 Å².